The zero-order chi connectivity index (χ0) is 12.8. The second-order valence-corrected chi connectivity index (χ2v) is 4.54. The lowest BCUT2D eigenvalue weighted by Gasteiger charge is -2.01. The van der Waals surface area contributed by atoms with Gasteiger partial charge in [-0.25, -0.2) is 0 Å². The van der Waals surface area contributed by atoms with E-state index in [0.717, 1.165) is 10.0 Å². The van der Waals surface area contributed by atoms with Gasteiger partial charge in [-0.3, -0.25) is 4.99 Å². The van der Waals surface area contributed by atoms with E-state index < -0.39 is 0 Å². The zero-order valence-corrected chi connectivity index (χ0v) is 12.6. The van der Waals surface area contributed by atoms with E-state index in [9.17, 15) is 0 Å². The van der Waals surface area contributed by atoms with E-state index in [4.69, 9.17) is 28.8 Å². The molecule has 0 amide bonds. The Kier molecular flexibility index (Phi) is 7.73. The summed E-state index contributed by atoms with van der Waals surface area (Å²) in [6.45, 7) is 0.501. The summed E-state index contributed by atoms with van der Waals surface area (Å²) in [5.41, 5.74) is 16.8. The van der Waals surface area contributed by atoms with Crippen LogP contribution in [0.15, 0.2) is 32.7 Å². The minimum Gasteiger partial charge on any atom is -0.370 e. The molecule has 1 aromatic carbocycles. The Morgan fingerprint density at radius 3 is 2.50 bits per heavy atom. The molecule has 0 radical (unpaired) electrons. The molecule has 0 aliphatic rings. The summed E-state index contributed by atoms with van der Waals surface area (Å²) in [4.78, 5) is 7.61. The molecule has 0 aliphatic carbocycles. The number of nitrogens with zero attached hydrogens (tertiary/aromatic N) is 2. The van der Waals surface area contributed by atoms with Crippen molar-refractivity contribution in [3.63, 3.8) is 0 Å². The van der Waals surface area contributed by atoms with Crippen molar-refractivity contribution in [2.45, 2.75) is 6.42 Å². The predicted molar refractivity (Wildman–Crippen MR) is 82.4 cm³/mol. The Bertz CT molecular complexity index is 458. The molecule has 0 unspecified atom stereocenters. The lowest BCUT2D eigenvalue weighted by atomic mass is 10.1. The number of halogens is 3. The van der Waals surface area contributed by atoms with Gasteiger partial charge >= 0.3 is 0 Å². The van der Waals surface area contributed by atoms with E-state index in [0.29, 0.717) is 18.0 Å². The van der Waals surface area contributed by atoms with Crippen LogP contribution in [0.3, 0.4) is 0 Å². The molecule has 0 fully saturated rings. The summed E-state index contributed by atoms with van der Waals surface area (Å²) in [6.07, 6.45) is 0.716. The molecule has 1 rings (SSSR count). The van der Waals surface area contributed by atoms with Gasteiger partial charge in [0.15, 0.2) is 5.96 Å². The van der Waals surface area contributed by atoms with Crippen LogP contribution in [0.5, 0.6) is 0 Å². The summed E-state index contributed by atoms with van der Waals surface area (Å²) in [7, 11) is 0. The van der Waals surface area contributed by atoms with Gasteiger partial charge in [0.05, 0.1) is 5.02 Å². The van der Waals surface area contributed by atoms with E-state index in [-0.39, 0.29) is 24.3 Å². The maximum atomic E-state index is 5.96. The Morgan fingerprint density at radius 1 is 1.28 bits per heavy atom. The highest BCUT2D eigenvalue weighted by molar-refractivity contribution is 9.10. The van der Waals surface area contributed by atoms with Crippen LogP contribution < -0.4 is 17.2 Å². The Balaban J connectivity index is 0.00000289. The molecule has 1 aromatic rings. The minimum atomic E-state index is -0.0991. The molecule has 6 N–H and O–H groups in total. The second-order valence-electron chi connectivity index (χ2n) is 3.28. The molecule has 8 heteroatoms. The third-order valence-corrected chi connectivity index (χ3v) is 3.13. The highest BCUT2D eigenvalue weighted by Gasteiger charge is 1.99. The third-order valence-electron chi connectivity index (χ3n) is 1.90. The zero-order valence-electron chi connectivity index (χ0n) is 9.44. The largest absolute Gasteiger partial charge is 0.370 e. The quantitative estimate of drug-likeness (QED) is 0.568. The van der Waals surface area contributed by atoms with Crippen molar-refractivity contribution >= 4 is 51.9 Å². The van der Waals surface area contributed by atoms with E-state index in [1.807, 2.05) is 18.2 Å². The smallest absolute Gasteiger partial charge is 0.218 e. The molecule has 0 heterocycles. The molecule has 0 spiro atoms. The maximum absolute atomic E-state index is 5.96. The minimum absolute atomic E-state index is 0. The van der Waals surface area contributed by atoms with E-state index in [1.165, 1.54) is 0 Å². The molecule has 5 nitrogen and oxygen atoms in total. The van der Waals surface area contributed by atoms with Crippen LogP contribution in [0.4, 0.5) is 0 Å². The van der Waals surface area contributed by atoms with Crippen LogP contribution in [0, 0.1) is 0 Å². The van der Waals surface area contributed by atoms with Gasteiger partial charge in [-0.15, -0.1) is 12.4 Å². The van der Waals surface area contributed by atoms with Crippen LogP contribution in [-0.2, 0) is 6.42 Å². The van der Waals surface area contributed by atoms with Gasteiger partial charge in [-0.2, -0.15) is 4.99 Å². The lowest BCUT2D eigenvalue weighted by Crippen LogP contribution is -2.26. The fraction of sp³-hybridized carbons (Fsp3) is 0.200. The number of rotatable bonds is 3. The van der Waals surface area contributed by atoms with Crippen LogP contribution in [-0.4, -0.2) is 18.5 Å². The second kappa shape index (κ2) is 8.18. The fourth-order valence-corrected chi connectivity index (χ4v) is 1.61. The third kappa shape index (κ3) is 6.09. The molecule has 100 valence electrons. The molecule has 0 saturated carbocycles. The van der Waals surface area contributed by atoms with Crippen molar-refractivity contribution in [2.75, 3.05) is 6.54 Å². The van der Waals surface area contributed by atoms with E-state index in [1.54, 1.807) is 0 Å². The number of aliphatic imine (C=N–C) groups is 2. The SMILES string of the molecule is Cl.NC(N)=NC(N)=NCCc1ccc(Br)c(Cl)c1. The van der Waals surface area contributed by atoms with Gasteiger partial charge in [0.2, 0.25) is 5.96 Å². The molecule has 0 bridgehead atoms. The van der Waals surface area contributed by atoms with Gasteiger partial charge in [-0.05, 0) is 40.0 Å². The first-order chi connectivity index (χ1) is 7.99. The normalized spacial score (nSPS) is 10.7. The van der Waals surface area contributed by atoms with Gasteiger partial charge in [0.25, 0.3) is 0 Å². The van der Waals surface area contributed by atoms with Gasteiger partial charge in [0.1, 0.15) is 0 Å². The first-order valence-electron chi connectivity index (χ1n) is 4.82. The average Bonchev–Trinajstić information content (AvgIpc) is 2.22. The van der Waals surface area contributed by atoms with Crippen molar-refractivity contribution in [1.29, 1.82) is 0 Å². The maximum Gasteiger partial charge on any atom is 0.218 e. The first-order valence-corrected chi connectivity index (χ1v) is 5.99. The van der Waals surface area contributed by atoms with Crippen molar-refractivity contribution in [1.82, 2.24) is 0 Å². The highest BCUT2D eigenvalue weighted by atomic mass is 79.9. The number of hydrogen-bond donors (Lipinski definition) is 3. The number of hydrogen-bond acceptors (Lipinski definition) is 1. The van der Waals surface area contributed by atoms with Crippen molar-refractivity contribution < 1.29 is 0 Å². The van der Waals surface area contributed by atoms with Crippen LogP contribution in [0.1, 0.15) is 5.56 Å². The number of guanidine groups is 2. The van der Waals surface area contributed by atoms with Crippen molar-refractivity contribution in [2.24, 2.45) is 27.2 Å². The Labute approximate surface area is 125 Å². The van der Waals surface area contributed by atoms with Gasteiger partial charge in [-0.1, -0.05) is 17.7 Å². The van der Waals surface area contributed by atoms with Gasteiger partial charge in [0, 0.05) is 11.0 Å². The van der Waals surface area contributed by atoms with E-state index >= 15 is 0 Å². The molecule has 0 atom stereocenters. The Hall–Kier alpha value is -0.980. The summed E-state index contributed by atoms with van der Waals surface area (Å²) in [5, 5.41) is 0.670. The molecular formula is C10H14BrCl2N5. The molecule has 18 heavy (non-hydrogen) atoms. The lowest BCUT2D eigenvalue weighted by molar-refractivity contribution is 0.962. The number of nitrogens with two attached hydrogens (primary N) is 3. The summed E-state index contributed by atoms with van der Waals surface area (Å²) in [6, 6.07) is 5.72. The standard InChI is InChI=1S/C10H13BrClN5.ClH/c11-7-2-1-6(5-8(7)12)3-4-16-10(15)17-9(13)14;/h1-2,5H,3-4H2,(H6,13,14,15,16,17);1H. The van der Waals surface area contributed by atoms with Crippen LogP contribution in [0.25, 0.3) is 0 Å². The monoisotopic (exact) mass is 353 g/mol. The predicted octanol–water partition coefficient (Wildman–Crippen LogP) is 1.65. The molecule has 0 aliphatic heterocycles. The average molecular weight is 355 g/mol. The molecule has 0 saturated heterocycles. The molecular weight excluding hydrogens is 341 g/mol. The van der Waals surface area contributed by atoms with Crippen LogP contribution in [0.2, 0.25) is 5.02 Å². The summed E-state index contributed by atoms with van der Waals surface area (Å²) in [5.74, 6) is -0.0221. The highest BCUT2D eigenvalue weighted by Crippen LogP contribution is 2.23. The van der Waals surface area contributed by atoms with E-state index in [2.05, 4.69) is 25.9 Å². The van der Waals surface area contributed by atoms with Crippen molar-refractivity contribution in [3.8, 4) is 0 Å². The van der Waals surface area contributed by atoms with Gasteiger partial charge < -0.3 is 17.2 Å². The first kappa shape index (κ1) is 17.0. The number of benzene rings is 1. The Morgan fingerprint density at radius 2 is 1.94 bits per heavy atom. The van der Waals surface area contributed by atoms with Crippen molar-refractivity contribution in [3.05, 3.63) is 33.3 Å². The molecule has 0 aromatic heterocycles. The summed E-state index contributed by atoms with van der Waals surface area (Å²) >= 11 is 9.28. The van der Waals surface area contributed by atoms with Crippen LogP contribution >= 0.6 is 39.9 Å². The topological polar surface area (TPSA) is 103 Å². The fourth-order valence-electron chi connectivity index (χ4n) is 1.16. The summed E-state index contributed by atoms with van der Waals surface area (Å²) < 4.78 is 0.867.